The van der Waals surface area contributed by atoms with Crippen molar-refractivity contribution in [2.75, 3.05) is 44.8 Å². The highest BCUT2D eigenvalue weighted by atomic mass is 127. The van der Waals surface area contributed by atoms with E-state index >= 15 is 0 Å². The molecule has 1 aliphatic rings. The van der Waals surface area contributed by atoms with Crippen molar-refractivity contribution in [1.82, 2.24) is 10.6 Å². The van der Waals surface area contributed by atoms with Crippen molar-refractivity contribution < 1.29 is 4.74 Å². The summed E-state index contributed by atoms with van der Waals surface area (Å²) in [5.74, 6) is 0.791. The second kappa shape index (κ2) is 12.1. The summed E-state index contributed by atoms with van der Waals surface area (Å²) in [4.78, 5) is 6.64. The van der Waals surface area contributed by atoms with Crippen molar-refractivity contribution >= 4 is 47.2 Å². The number of ether oxygens (including phenoxy) is 1. The van der Waals surface area contributed by atoms with E-state index in [1.807, 2.05) is 18.2 Å². The Morgan fingerprint density at radius 1 is 1.07 bits per heavy atom. The Bertz CT molecular complexity index is 748. The van der Waals surface area contributed by atoms with E-state index in [0.29, 0.717) is 0 Å². The van der Waals surface area contributed by atoms with Gasteiger partial charge >= 0.3 is 0 Å². The first kappa shape index (κ1) is 22.8. The Morgan fingerprint density at radius 2 is 1.79 bits per heavy atom. The van der Waals surface area contributed by atoms with E-state index in [4.69, 9.17) is 16.3 Å². The van der Waals surface area contributed by atoms with Crippen molar-refractivity contribution in [3.05, 3.63) is 64.7 Å². The summed E-state index contributed by atoms with van der Waals surface area (Å²) in [5, 5.41) is 7.50. The molecule has 0 bridgehead atoms. The molecule has 1 fully saturated rings. The van der Waals surface area contributed by atoms with Crippen LogP contribution in [0.15, 0.2) is 53.5 Å². The quantitative estimate of drug-likeness (QED) is 0.351. The van der Waals surface area contributed by atoms with Crippen molar-refractivity contribution in [2.45, 2.75) is 13.0 Å². The van der Waals surface area contributed by atoms with Crippen LogP contribution >= 0.6 is 35.6 Å². The van der Waals surface area contributed by atoms with Gasteiger partial charge in [0.05, 0.1) is 13.2 Å². The second-order valence-corrected chi connectivity index (χ2v) is 6.87. The number of guanidine groups is 1. The Labute approximate surface area is 189 Å². The van der Waals surface area contributed by atoms with E-state index < -0.39 is 0 Å². The molecule has 0 aliphatic carbocycles. The maximum Gasteiger partial charge on any atom is 0.191 e. The zero-order chi connectivity index (χ0) is 18.9. The summed E-state index contributed by atoms with van der Waals surface area (Å²) in [6, 6.07) is 16.6. The topological polar surface area (TPSA) is 48.9 Å². The van der Waals surface area contributed by atoms with Gasteiger partial charge in [-0.3, -0.25) is 4.99 Å². The zero-order valence-electron chi connectivity index (χ0n) is 16.2. The molecule has 1 aliphatic heterocycles. The number of rotatable bonds is 6. The minimum atomic E-state index is 0. The molecular formula is C21H28ClIN4O. The third kappa shape index (κ3) is 6.83. The van der Waals surface area contributed by atoms with Crippen LogP contribution in [-0.4, -0.2) is 45.9 Å². The number of anilines is 1. The average Bonchev–Trinajstić information content (AvgIpc) is 2.73. The van der Waals surface area contributed by atoms with Crippen LogP contribution < -0.4 is 15.5 Å². The van der Waals surface area contributed by atoms with Crippen LogP contribution in [0.2, 0.25) is 5.02 Å². The van der Waals surface area contributed by atoms with Gasteiger partial charge in [0.15, 0.2) is 5.96 Å². The normalized spacial score (nSPS) is 14.4. The Balaban J connectivity index is 0.00000280. The first-order valence-electron chi connectivity index (χ1n) is 9.36. The lowest BCUT2D eigenvalue weighted by molar-refractivity contribution is 0.122. The largest absolute Gasteiger partial charge is 0.378 e. The molecule has 2 aromatic rings. The predicted molar refractivity (Wildman–Crippen MR) is 128 cm³/mol. The number of hydrogen-bond donors (Lipinski definition) is 2. The van der Waals surface area contributed by atoms with Gasteiger partial charge in [0.25, 0.3) is 0 Å². The fourth-order valence-electron chi connectivity index (χ4n) is 3.07. The van der Waals surface area contributed by atoms with Gasteiger partial charge in [-0.2, -0.15) is 0 Å². The Kier molecular flexibility index (Phi) is 9.87. The fourth-order valence-corrected chi connectivity index (χ4v) is 3.30. The van der Waals surface area contributed by atoms with E-state index in [-0.39, 0.29) is 24.0 Å². The third-order valence-electron chi connectivity index (χ3n) is 4.64. The van der Waals surface area contributed by atoms with Crippen LogP contribution in [0.5, 0.6) is 0 Å². The smallest absolute Gasteiger partial charge is 0.191 e. The molecule has 1 saturated heterocycles. The predicted octanol–water partition coefficient (Wildman–Crippen LogP) is 3.70. The average molecular weight is 515 g/mol. The van der Waals surface area contributed by atoms with E-state index in [0.717, 1.165) is 62.4 Å². The Hall–Kier alpha value is -1.51. The van der Waals surface area contributed by atoms with Crippen LogP contribution in [0.1, 0.15) is 11.1 Å². The number of halogens is 2. The second-order valence-electron chi connectivity index (χ2n) is 6.46. The molecule has 28 heavy (non-hydrogen) atoms. The molecule has 152 valence electrons. The zero-order valence-corrected chi connectivity index (χ0v) is 19.2. The molecule has 0 unspecified atom stereocenters. The molecule has 0 radical (unpaired) electrons. The van der Waals surface area contributed by atoms with Crippen molar-refractivity contribution in [3.8, 4) is 0 Å². The first-order valence-corrected chi connectivity index (χ1v) is 9.73. The summed E-state index contributed by atoms with van der Waals surface area (Å²) in [6.07, 6.45) is 0.856. The van der Waals surface area contributed by atoms with Gasteiger partial charge < -0.3 is 20.3 Å². The molecular weight excluding hydrogens is 487 g/mol. The Morgan fingerprint density at radius 3 is 2.46 bits per heavy atom. The minimum absolute atomic E-state index is 0. The molecule has 0 aromatic heterocycles. The van der Waals surface area contributed by atoms with Gasteiger partial charge in [0.2, 0.25) is 0 Å². The molecule has 0 atom stereocenters. The first-order chi connectivity index (χ1) is 13.3. The lowest BCUT2D eigenvalue weighted by atomic mass is 10.1. The van der Waals surface area contributed by atoms with E-state index in [1.165, 1.54) is 11.3 Å². The number of hydrogen-bond acceptors (Lipinski definition) is 3. The summed E-state index contributed by atoms with van der Waals surface area (Å²) in [7, 11) is 1.78. The number of nitrogens with zero attached hydrogens (tertiary/aromatic N) is 2. The van der Waals surface area contributed by atoms with Gasteiger partial charge in [-0.1, -0.05) is 41.9 Å². The van der Waals surface area contributed by atoms with Gasteiger partial charge in [-0.25, -0.2) is 0 Å². The molecule has 7 heteroatoms. The maximum absolute atomic E-state index is 6.20. The van der Waals surface area contributed by atoms with E-state index in [9.17, 15) is 0 Å². The number of nitrogens with one attached hydrogen (secondary N) is 2. The third-order valence-corrected chi connectivity index (χ3v) is 5.01. The van der Waals surface area contributed by atoms with Crippen molar-refractivity contribution in [3.63, 3.8) is 0 Å². The molecule has 5 nitrogen and oxygen atoms in total. The molecule has 2 aromatic carbocycles. The minimum Gasteiger partial charge on any atom is -0.378 e. The molecule has 1 heterocycles. The summed E-state index contributed by atoms with van der Waals surface area (Å²) >= 11 is 6.20. The molecule has 0 spiro atoms. The van der Waals surface area contributed by atoms with Crippen molar-refractivity contribution in [2.24, 2.45) is 4.99 Å². The molecule has 0 amide bonds. The summed E-state index contributed by atoms with van der Waals surface area (Å²) in [6.45, 7) is 5.03. The van der Waals surface area contributed by atoms with E-state index in [1.54, 1.807) is 7.05 Å². The summed E-state index contributed by atoms with van der Waals surface area (Å²) < 4.78 is 5.41. The molecule has 2 N–H and O–H groups in total. The maximum atomic E-state index is 6.20. The van der Waals surface area contributed by atoms with Crippen LogP contribution in [0.25, 0.3) is 0 Å². The fraction of sp³-hybridized carbons (Fsp3) is 0.381. The molecule has 3 rings (SSSR count). The van der Waals surface area contributed by atoms with Gasteiger partial charge in [-0.05, 0) is 35.7 Å². The van der Waals surface area contributed by atoms with Gasteiger partial charge in [-0.15, -0.1) is 24.0 Å². The lowest BCUT2D eigenvalue weighted by Gasteiger charge is -2.28. The standard InChI is InChI=1S/C21H27ClN4O.HI/c1-23-21(24-11-10-18-4-2-3-5-20(18)22)25-16-17-6-8-19(9-7-17)26-12-14-27-15-13-26;/h2-9H,10-16H2,1H3,(H2,23,24,25);1H. The SMILES string of the molecule is CN=C(NCCc1ccccc1Cl)NCc1ccc(N2CCOCC2)cc1.I. The lowest BCUT2D eigenvalue weighted by Crippen LogP contribution is -2.38. The van der Waals surface area contributed by atoms with Gasteiger partial charge in [0.1, 0.15) is 0 Å². The van der Waals surface area contributed by atoms with E-state index in [2.05, 4.69) is 50.9 Å². The van der Waals surface area contributed by atoms with Gasteiger partial charge in [0, 0.05) is 43.9 Å². The number of morpholine rings is 1. The highest BCUT2D eigenvalue weighted by Gasteiger charge is 2.10. The number of aliphatic imine (C=N–C) groups is 1. The van der Waals surface area contributed by atoms with Crippen LogP contribution in [0.3, 0.4) is 0 Å². The molecule has 0 saturated carbocycles. The van der Waals surface area contributed by atoms with Crippen LogP contribution in [-0.2, 0) is 17.7 Å². The van der Waals surface area contributed by atoms with Crippen molar-refractivity contribution in [1.29, 1.82) is 0 Å². The van der Waals surface area contributed by atoms with Crippen LogP contribution in [0, 0.1) is 0 Å². The summed E-state index contributed by atoms with van der Waals surface area (Å²) in [5.41, 5.74) is 3.62. The van der Waals surface area contributed by atoms with Crippen LogP contribution in [0.4, 0.5) is 5.69 Å². The highest BCUT2D eigenvalue weighted by Crippen LogP contribution is 2.17. The number of benzene rings is 2. The highest BCUT2D eigenvalue weighted by molar-refractivity contribution is 14.0. The monoisotopic (exact) mass is 514 g/mol.